The second-order valence-electron chi connectivity index (χ2n) is 6.52. The highest BCUT2D eigenvalue weighted by Crippen LogP contribution is 2.31. The van der Waals surface area contributed by atoms with Crippen LogP contribution in [0.3, 0.4) is 0 Å². The molecule has 0 saturated heterocycles. The molecule has 0 atom stereocenters. The van der Waals surface area contributed by atoms with Crippen LogP contribution in [0.1, 0.15) is 0 Å². The van der Waals surface area contributed by atoms with Crippen molar-refractivity contribution in [1.82, 2.24) is 14.3 Å². The fraction of sp³-hybridized carbons (Fsp3) is 0.278. The Kier molecular flexibility index (Phi) is 4.77. The summed E-state index contributed by atoms with van der Waals surface area (Å²) in [5.41, 5.74) is 1.44. The average molecular weight is 418 g/mol. The van der Waals surface area contributed by atoms with Crippen LogP contribution in [-0.2, 0) is 14.8 Å². The highest BCUT2D eigenvalue weighted by Gasteiger charge is 2.31. The topological polar surface area (TPSA) is 86.7 Å². The molecule has 0 aliphatic carbocycles. The number of hydrogen-bond acceptors (Lipinski definition) is 7. The van der Waals surface area contributed by atoms with Crippen LogP contribution in [0.4, 0.5) is 11.6 Å². The van der Waals surface area contributed by atoms with Gasteiger partial charge in [-0.15, -0.1) is 11.3 Å². The Morgan fingerprint density at radius 3 is 2.43 bits per heavy atom. The molecule has 10 heteroatoms. The van der Waals surface area contributed by atoms with Gasteiger partial charge in [0.1, 0.15) is 4.21 Å². The van der Waals surface area contributed by atoms with Crippen molar-refractivity contribution in [3.63, 3.8) is 0 Å². The first-order valence-corrected chi connectivity index (χ1v) is 11.0. The lowest BCUT2D eigenvalue weighted by atomic mass is 10.2. The molecule has 1 aliphatic rings. The van der Waals surface area contributed by atoms with E-state index in [1.54, 1.807) is 11.4 Å². The van der Waals surface area contributed by atoms with Crippen LogP contribution >= 0.6 is 11.3 Å². The molecule has 0 bridgehead atoms. The Labute approximate surface area is 167 Å². The van der Waals surface area contributed by atoms with Crippen molar-refractivity contribution >= 4 is 49.9 Å². The lowest BCUT2D eigenvalue weighted by Crippen LogP contribution is -2.47. The molecule has 2 aromatic heterocycles. The number of carbonyl (C=O) groups excluding carboxylic acids is 1. The van der Waals surface area contributed by atoms with Crippen molar-refractivity contribution in [2.45, 2.75) is 4.21 Å². The smallest absolute Gasteiger partial charge is 0.252 e. The maximum atomic E-state index is 13.0. The number of rotatable bonds is 4. The van der Waals surface area contributed by atoms with Crippen LogP contribution in [-0.4, -0.2) is 62.3 Å². The van der Waals surface area contributed by atoms with Crippen LogP contribution in [0.15, 0.2) is 46.0 Å². The lowest BCUT2D eigenvalue weighted by Gasteiger charge is -2.34. The quantitative estimate of drug-likeness (QED) is 0.643. The number of anilines is 2. The molecule has 3 heterocycles. The van der Waals surface area contributed by atoms with E-state index < -0.39 is 10.0 Å². The van der Waals surface area contributed by atoms with Crippen LogP contribution in [0.5, 0.6) is 0 Å². The molecule has 0 spiro atoms. The summed E-state index contributed by atoms with van der Waals surface area (Å²) in [6.45, 7) is 0.743. The lowest BCUT2D eigenvalue weighted by molar-refractivity contribution is -0.118. The largest absolute Gasteiger partial charge is 0.355 e. The first-order chi connectivity index (χ1) is 13.4. The summed E-state index contributed by atoms with van der Waals surface area (Å²) in [4.78, 5) is 25.7. The van der Waals surface area contributed by atoms with Crippen LogP contribution in [0.25, 0.3) is 11.0 Å². The van der Waals surface area contributed by atoms with E-state index in [0.29, 0.717) is 30.2 Å². The van der Waals surface area contributed by atoms with Gasteiger partial charge in [-0.05, 0) is 23.6 Å². The molecule has 1 aliphatic heterocycles. The van der Waals surface area contributed by atoms with Crippen LogP contribution in [0, 0.1) is 0 Å². The standard InChI is InChI=1S/C18H19N5O3S2/c1-21-9-10-23(18-17(21)19-13-6-3-4-7-14(13)20-18)15(24)12-22(2)28(25,26)16-8-5-11-27-16/h3-8,11H,9-10,12H2,1-2H3. The highest BCUT2D eigenvalue weighted by atomic mass is 32.2. The van der Waals surface area contributed by atoms with E-state index in [2.05, 4.69) is 9.97 Å². The first kappa shape index (κ1) is 18.8. The van der Waals surface area contributed by atoms with E-state index in [4.69, 9.17) is 0 Å². The summed E-state index contributed by atoms with van der Waals surface area (Å²) in [6, 6.07) is 10.7. The van der Waals surface area contributed by atoms with Gasteiger partial charge in [0.25, 0.3) is 10.0 Å². The highest BCUT2D eigenvalue weighted by molar-refractivity contribution is 7.91. The van der Waals surface area contributed by atoms with Gasteiger partial charge in [0.2, 0.25) is 5.91 Å². The number of hydrogen-bond donors (Lipinski definition) is 0. The zero-order valence-electron chi connectivity index (χ0n) is 15.4. The van der Waals surface area contributed by atoms with E-state index in [-0.39, 0.29) is 16.7 Å². The van der Waals surface area contributed by atoms with E-state index in [1.807, 2.05) is 36.2 Å². The van der Waals surface area contributed by atoms with Crippen LogP contribution in [0.2, 0.25) is 0 Å². The van der Waals surface area contributed by atoms with Crippen molar-refractivity contribution in [2.24, 2.45) is 0 Å². The minimum atomic E-state index is -3.69. The van der Waals surface area contributed by atoms with E-state index in [9.17, 15) is 13.2 Å². The summed E-state index contributed by atoms with van der Waals surface area (Å²) >= 11 is 1.13. The fourth-order valence-electron chi connectivity index (χ4n) is 3.05. The number of carbonyl (C=O) groups is 1. The molecule has 1 aromatic carbocycles. The Morgan fingerprint density at radius 2 is 1.79 bits per heavy atom. The number of likely N-dealkylation sites (N-methyl/N-ethyl adjacent to an activating group) is 2. The fourth-order valence-corrected chi connectivity index (χ4v) is 5.37. The maximum Gasteiger partial charge on any atom is 0.252 e. The zero-order chi connectivity index (χ0) is 19.9. The number of thiophene rings is 1. The molecule has 0 saturated carbocycles. The third-order valence-corrected chi connectivity index (χ3v) is 7.81. The van der Waals surface area contributed by atoms with Crippen molar-refractivity contribution in [3.05, 3.63) is 41.8 Å². The molecule has 1 amide bonds. The van der Waals surface area contributed by atoms with Crippen molar-refractivity contribution in [3.8, 4) is 0 Å². The minimum absolute atomic E-state index is 0.215. The van der Waals surface area contributed by atoms with Gasteiger partial charge in [0.15, 0.2) is 11.6 Å². The number of para-hydroxylation sites is 2. The van der Waals surface area contributed by atoms with Crippen molar-refractivity contribution in [1.29, 1.82) is 0 Å². The Hall–Kier alpha value is -2.56. The number of amides is 1. The van der Waals surface area contributed by atoms with E-state index in [0.717, 1.165) is 21.2 Å². The maximum absolute atomic E-state index is 13.0. The molecule has 0 N–H and O–H groups in total. The van der Waals surface area contributed by atoms with Gasteiger partial charge in [0.05, 0.1) is 17.6 Å². The molecular weight excluding hydrogens is 398 g/mol. The number of sulfonamides is 1. The van der Waals surface area contributed by atoms with Crippen LogP contribution < -0.4 is 9.80 Å². The summed E-state index contributed by atoms with van der Waals surface area (Å²) in [6.07, 6.45) is 0. The molecule has 0 radical (unpaired) electrons. The average Bonchev–Trinajstić information content (AvgIpc) is 3.22. The monoisotopic (exact) mass is 417 g/mol. The number of benzene rings is 1. The van der Waals surface area contributed by atoms with E-state index in [1.165, 1.54) is 18.0 Å². The third kappa shape index (κ3) is 3.23. The third-order valence-electron chi connectivity index (χ3n) is 4.63. The van der Waals surface area contributed by atoms with Gasteiger partial charge in [-0.25, -0.2) is 18.4 Å². The summed E-state index contributed by atoms with van der Waals surface area (Å²) in [5.74, 6) is 0.739. The SMILES string of the molecule is CN1CCN(C(=O)CN(C)S(=O)(=O)c2cccs2)c2nc3ccccc3nc21. The first-order valence-electron chi connectivity index (χ1n) is 8.66. The predicted molar refractivity (Wildman–Crippen MR) is 109 cm³/mol. The van der Waals surface area contributed by atoms with Gasteiger partial charge in [0, 0.05) is 27.2 Å². The van der Waals surface area contributed by atoms with Crippen molar-refractivity contribution in [2.75, 3.05) is 43.5 Å². The normalized spacial score (nSPS) is 14.5. The number of aromatic nitrogens is 2. The summed E-state index contributed by atoms with van der Waals surface area (Å²) in [5, 5.41) is 1.69. The molecule has 0 fully saturated rings. The van der Waals surface area contributed by atoms with Gasteiger partial charge < -0.3 is 4.90 Å². The van der Waals surface area contributed by atoms with Gasteiger partial charge in [-0.2, -0.15) is 4.31 Å². The van der Waals surface area contributed by atoms with Crippen molar-refractivity contribution < 1.29 is 13.2 Å². The second-order valence-corrected chi connectivity index (χ2v) is 9.74. The zero-order valence-corrected chi connectivity index (χ0v) is 17.1. The Balaban J connectivity index is 1.64. The van der Waals surface area contributed by atoms with Gasteiger partial charge in [-0.3, -0.25) is 9.69 Å². The second kappa shape index (κ2) is 7.12. The molecule has 8 nitrogen and oxygen atoms in total. The number of fused-ring (bicyclic) bond motifs is 2. The minimum Gasteiger partial charge on any atom is -0.355 e. The molecular formula is C18H19N5O3S2. The summed E-state index contributed by atoms with van der Waals surface area (Å²) < 4.78 is 26.5. The van der Waals surface area contributed by atoms with E-state index >= 15 is 0 Å². The summed E-state index contributed by atoms with van der Waals surface area (Å²) in [7, 11) is -0.381. The molecule has 3 aromatic rings. The molecule has 28 heavy (non-hydrogen) atoms. The Morgan fingerprint density at radius 1 is 1.11 bits per heavy atom. The number of nitrogens with zero attached hydrogens (tertiary/aromatic N) is 5. The molecule has 0 unspecified atom stereocenters. The molecule has 146 valence electrons. The van der Waals surface area contributed by atoms with Gasteiger partial charge in [-0.1, -0.05) is 18.2 Å². The predicted octanol–water partition coefficient (Wildman–Crippen LogP) is 1.79. The molecule has 4 rings (SSSR count). The van der Waals surface area contributed by atoms with Gasteiger partial charge >= 0.3 is 0 Å². The Bertz CT molecular complexity index is 1130.